The van der Waals surface area contributed by atoms with Crippen molar-refractivity contribution in [1.29, 1.82) is 0 Å². The Labute approximate surface area is 84.7 Å². The lowest BCUT2D eigenvalue weighted by Gasteiger charge is -2.34. The third kappa shape index (κ3) is 3.28. The molecule has 0 bridgehead atoms. The number of alkyl halides is 6. The van der Waals surface area contributed by atoms with E-state index in [-0.39, 0.29) is 20.3 Å². The van der Waals surface area contributed by atoms with Crippen LogP contribution in [0.3, 0.4) is 0 Å². The van der Waals surface area contributed by atoms with E-state index in [1.165, 1.54) is 6.92 Å². The van der Waals surface area contributed by atoms with Gasteiger partial charge in [0, 0.05) is 6.92 Å². The van der Waals surface area contributed by atoms with E-state index >= 15 is 0 Å². The molecule has 0 aliphatic rings. The maximum absolute atomic E-state index is 13.0. The predicted octanol–water partition coefficient (Wildman–Crippen LogP) is 4.35. The van der Waals surface area contributed by atoms with Crippen LogP contribution in [0.25, 0.3) is 0 Å². The number of halogens is 6. The number of hydrogen-bond acceptors (Lipinski definition) is 0. The summed E-state index contributed by atoms with van der Waals surface area (Å²) in [4.78, 5) is 0. The molecule has 0 spiro atoms. The smallest absolute Gasteiger partial charge is 0.207 e. The SMILES string of the molecule is CCCC(C(C)(F)F)C(F)(F)C(C)(F)F. The van der Waals surface area contributed by atoms with Crippen molar-refractivity contribution in [1.82, 2.24) is 0 Å². The number of hydrogen-bond donors (Lipinski definition) is 0. The minimum Gasteiger partial charge on any atom is -0.207 e. The van der Waals surface area contributed by atoms with Crippen LogP contribution in [0.4, 0.5) is 26.3 Å². The van der Waals surface area contributed by atoms with Crippen LogP contribution in [0, 0.1) is 5.92 Å². The molecular formula is C9H14F6. The fourth-order valence-corrected chi connectivity index (χ4v) is 1.35. The summed E-state index contributed by atoms with van der Waals surface area (Å²) in [6.07, 6.45) is -0.639. The molecular weight excluding hydrogens is 222 g/mol. The molecule has 0 aromatic carbocycles. The molecule has 0 amide bonds. The normalized spacial score (nSPS) is 16.6. The van der Waals surface area contributed by atoms with Crippen LogP contribution in [0.1, 0.15) is 33.6 Å². The maximum atomic E-state index is 13.0. The van der Waals surface area contributed by atoms with Crippen LogP contribution in [-0.4, -0.2) is 17.8 Å². The second-order valence-electron chi connectivity index (χ2n) is 3.81. The summed E-state index contributed by atoms with van der Waals surface area (Å²) < 4.78 is 76.7. The van der Waals surface area contributed by atoms with Crippen molar-refractivity contribution in [3.8, 4) is 0 Å². The molecule has 0 saturated carbocycles. The molecule has 0 aromatic heterocycles. The van der Waals surface area contributed by atoms with Crippen LogP contribution < -0.4 is 0 Å². The standard InChI is InChI=1S/C9H14F6/c1-4-5-6(7(2,10)11)9(14,15)8(3,12)13/h6H,4-5H2,1-3H3. The van der Waals surface area contributed by atoms with E-state index in [0.29, 0.717) is 0 Å². The van der Waals surface area contributed by atoms with E-state index in [1.807, 2.05) is 0 Å². The summed E-state index contributed by atoms with van der Waals surface area (Å²) in [5, 5.41) is 0. The summed E-state index contributed by atoms with van der Waals surface area (Å²) in [6.45, 7) is 1.59. The largest absolute Gasteiger partial charge is 0.318 e. The Bertz CT molecular complexity index is 200. The molecule has 1 atom stereocenters. The lowest BCUT2D eigenvalue weighted by Crippen LogP contribution is -2.50. The summed E-state index contributed by atoms with van der Waals surface area (Å²) in [5.41, 5.74) is 0. The van der Waals surface area contributed by atoms with E-state index in [9.17, 15) is 26.3 Å². The van der Waals surface area contributed by atoms with Gasteiger partial charge in [-0.3, -0.25) is 0 Å². The Kier molecular flexibility index (Phi) is 4.10. The molecule has 0 radical (unpaired) electrons. The predicted molar refractivity (Wildman–Crippen MR) is 44.6 cm³/mol. The second-order valence-corrected chi connectivity index (χ2v) is 3.81. The molecule has 6 heteroatoms. The summed E-state index contributed by atoms with van der Waals surface area (Å²) >= 11 is 0. The van der Waals surface area contributed by atoms with Crippen molar-refractivity contribution < 1.29 is 26.3 Å². The molecule has 0 N–H and O–H groups in total. The average Bonchev–Trinajstić information content (AvgIpc) is 1.95. The zero-order valence-electron chi connectivity index (χ0n) is 8.76. The van der Waals surface area contributed by atoms with Crippen molar-refractivity contribution >= 4 is 0 Å². The number of rotatable bonds is 5. The van der Waals surface area contributed by atoms with Gasteiger partial charge in [0.1, 0.15) is 0 Å². The molecule has 15 heavy (non-hydrogen) atoms. The highest BCUT2D eigenvalue weighted by atomic mass is 19.3. The summed E-state index contributed by atoms with van der Waals surface area (Å²) in [5.74, 6) is -15.6. The molecule has 0 fully saturated rings. The maximum Gasteiger partial charge on any atom is 0.318 e. The lowest BCUT2D eigenvalue weighted by molar-refractivity contribution is -0.266. The van der Waals surface area contributed by atoms with E-state index in [2.05, 4.69) is 0 Å². The second kappa shape index (κ2) is 4.22. The first-order valence-corrected chi connectivity index (χ1v) is 4.58. The van der Waals surface area contributed by atoms with Crippen LogP contribution in [0.2, 0.25) is 0 Å². The van der Waals surface area contributed by atoms with Crippen molar-refractivity contribution in [2.24, 2.45) is 5.92 Å². The molecule has 0 rings (SSSR count). The van der Waals surface area contributed by atoms with Gasteiger partial charge in [-0.25, -0.2) is 17.6 Å². The van der Waals surface area contributed by atoms with Gasteiger partial charge in [0.15, 0.2) is 0 Å². The zero-order chi connectivity index (χ0) is 12.5. The topological polar surface area (TPSA) is 0 Å². The molecule has 1 unspecified atom stereocenters. The highest BCUT2D eigenvalue weighted by Crippen LogP contribution is 2.47. The van der Waals surface area contributed by atoms with Crippen LogP contribution in [0.5, 0.6) is 0 Å². The molecule has 0 heterocycles. The first kappa shape index (κ1) is 14.6. The van der Waals surface area contributed by atoms with Crippen molar-refractivity contribution in [3.05, 3.63) is 0 Å². The average molecular weight is 236 g/mol. The quantitative estimate of drug-likeness (QED) is 0.622. The van der Waals surface area contributed by atoms with Gasteiger partial charge >= 0.3 is 11.8 Å². The lowest BCUT2D eigenvalue weighted by atomic mass is 9.87. The van der Waals surface area contributed by atoms with Gasteiger partial charge in [-0.15, -0.1) is 0 Å². The molecule has 0 aliphatic carbocycles. The van der Waals surface area contributed by atoms with Gasteiger partial charge in [0.2, 0.25) is 0 Å². The minimum absolute atomic E-state index is 0.000231. The summed E-state index contributed by atoms with van der Waals surface area (Å²) in [6, 6.07) is 0. The molecule has 0 aliphatic heterocycles. The van der Waals surface area contributed by atoms with Gasteiger partial charge in [0.25, 0.3) is 5.92 Å². The van der Waals surface area contributed by atoms with Crippen LogP contribution in [-0.2, 0) is 0 Å². The third-order valence-corrected chi connectivity index (χ3v) is 2.21. The van der Waals surface area contributed by atoms with Gasteiger partial charge in [-0.05, 0) is 13.3 Å². The zero-order valence-corrected chi connectivity index (χ0v) is 8.76. The first-order valence-electron chi connectivity index (χ1n) is 4.58. The van der Waals surface area contributed by atoms with E-state index < -0.39 is 30.1 Å². The minimum atomic E-state index is -4.69. The van der Waals surface area contributed by atoms with Gasteiger partial charge in [-0.2, -0.15) is 8.78 Å². The molecule has 0 nitrogen and oxygen atoms in total. The highest BCUT2D eigenvalue weighted by Gasteiger charge is 2.63. The van der Waals surface area contributed by atoms with Gasteiger partial charge < -0.3 is 0 Å². The van der Waals surface area contributed by atoms with Gasteiger partial charge in [0.05, 0.1) is 5.92 Å². The van der Waals surface area contributed by atoms with E-state index in [1.54, 1.807) is 0 Å². The Balaban J connectivity index is 5.08. The third-order valence-electron chi connectivity index (χ3n) is 2.21. The van der Waals surface area contributed by atoms with Crippen molar-refractivity contribution in [3.63, 3.8) is 0 Å². The van der Waals surface area contributed by atoms with Crippen molar-refractivity contribution in [2.75, 3.05) is 0 Å². The van der Waals surface area contributed by atoms with Crippen LogP contribution in [0.15, 0.2) is 0 Å². The molecule has 0 aromatic rings. The van der Waals surface area contributed by atoms with E-state index in [0.717, 1.165) is 0 Å². The molecule has 92 valence electrons. The monoisotopic (exact) mass is 236 g/mol. The van der Waals surface area contributed by atoms with Gasteiger partial charge in [-0.1, -0.05) is 13.3 Å². The fourth-order valence-electron chi connectivity index (χ4n) is 1.35. The Hall–Kier alpha value is -0.420. The van der Waals surface area contributed by atoms with E-state index in [4.69, 9.17) is 0 Å². The highest BCUT2D eigenvalue weighted by molar-refractivity contribution is 4.92. The fraction of sp³-hybridized carbons (Fsp3) is 1.00. The Morgan fingerprint density at radius 3 is 1.53 bits per heavy atom. The Morgan fingerprint density at radius 2 is 1.33 bits per heavy atom. The van der Waals surface area contributed by atoms with Crippen molar-refractivity contribution in [2.45, 2.75) is 51.4 Å². The van der Waals surface area contributed by atoms with Crippen LogP contribution >= 0.6 is 0 Å². The first-order chi connectivity index (χ1) is 6.44. The Morgan fingerprint density at radius 1 is 0.933 bits per heavy atom. The summed E-state index contributed by atoms with van der Waals surface area (Å²) in [7, 11) is 0. The molecule has 0 saturated heterocycles.